The number of hydrogen-bond acceptors (Lipinski definition) is 7. The maximum absolute atomic E-state index is 13.1. The number of rotatable bonds is 9. The molecule has 0 aromatic heterocycles. The van der Waals surface area contributed by atoms with Crippen molar-refractivity contribution in [3.8, 4) is 17.2 Å². The molecule has 33 heavy (non-hydrogen) atoms. The van der Waals surface area contributed by atoms with Gasteiger partial charge in [-0.25, -0.2) is 0 Å². The number of nitrogens with zero attached hydrogens (tertiary/aromatic N) is 1. The van der Waals surface area contributed by atoms with Crippen molar-refractivity contribution in [1.82, 2.24) is 4.90 Å². The number of ether oxygens (including phenoxy) is 4. The second kappa shape index (κ2) is 10.6. The van der Waals surface area contributed by atoms with Crippen molar-refractivity contribution in [2.24, 2.45) is 0 Å². The summed E-state index contributed by atoms with van der Waals surface area (Å²) in [7, 11) is 4.48. The molecule has 9 heteroatoms. The summed E-state index contributed by atoms with van der Waals surface area (Å²) >= 11 is 6.31. The molecule has 8 nitrogen and oxygen atoms in total. The summed E-state index contributed by atoms with van der Waals surface area (Å²) in [5.74, 6) is -0.561. The molecule has 1 unspecified atom stereocenters. The van der Waals surface area contributed by atoms with E-state index in [-0.39, 0.29) is 29.3 Å². The molecule has 1 fully saturated rings. The van der Waals surface area contributed by atoms with Gasteiger partial charge in [0.15, 0.2) is 11.5 Å². The molecular weight excluding hydrogens is 450 g/mol. The fourth-order valence-corrected chi connectivity index (χ4v) is 3.94. The molecule has 0 saturated carbocycles. The Hall–Kier alpha value is -3.23. The van der Waals surface area contributed by atoms with Gasteiger partial charge in [0.1, 0.15) is 11.5 Å². The van der Waals surface area contributed by atoms with Crippen molar-refractivity contribution in [2.75, 3.05) is 41.1 Å². The number of amides is 1. The predicted molar refractivity (Wildman–Crippen MR) is 123 cm³/mol. The fourth-order valence-electron chi connectivity index (χ4n) is 3.73. The number of ketones is 1. The molecule has 1 N–H and O–H groups in total. The number of benzene rings is 2. The van der Waals surface area contributed by atoms with Gasteiger partial charge in [-0.2, -0.15) is 0 Å². The molecule has 1 heterocycles. The second-order valence-electron chi connectivity index (χ2n) is 7.17. The Bertz CT molecular complexity index is 1080. The summed E-state index contributed by atoms with van der Waals surface area (Å²) in [4.78, 5) is 27.4. The van der Waals surface area contributed by atoms with Gasteiger partial charge in [0.25, 0.3) is 11.7 Å². The van der Waals surface area contributed by atoms with Crippen LogP contribution in [-0.4, -0.2) is 62.8 Å². The van der Waals surface area contributed by atoms with Crippen LogP contribution in [-0.2, 0) is 14.3 Å². The van der Waals surface area contributed by atoms with E-state index in [2.05, 4.69) is 0 Å². The minimum atomic E-state index is -0.882. The van der Waals surface area contributed by atoms with Gasteiger partial charge >= 0.3 is 0 Å². The quantitative estimate of drug-likeness (QED) is 0.334. The molecule has 1 amide bonds. The average molecular weight is 476 g/mol. The van der Waals surface area contributed by atoms with Gasteiger partial charge in [0, 0.05) is 19.2 Å². The minimum Gasteiger partial charge on any atom is -0.507 e. The molecule has 1 saturated heterocycles. The number of halogens is 1. The molecule has 2 aromatic rings. The molecule has 1 atom stereocenters. The SMILES string of the molecule is CCOc1ccc(C2/C(=C(\O)c3cc(OC)ccc3Cl)C(=O)C(=O)N2CCOC)cc1OC. The molecule has 0 bridgehead atoms. The van der Waals surface area contributed by atoms with Crippen LogP contribution in [0.25, 0.3) is 5.76 Å². The molecule has 0 aliphatic carbocycles. The van der Waals surface area contributed by atoms with E-state index >= 15 is 0 Å². The van der Waals surface area contributed by atoms with Crippen LogP contribution in [0.2, 0.25) is 5.02 Å². The summed E-state index contributed by atoms with van der Waals surface area (Å²) in [5.41, 5.74) is 0.660. The van der Waals surface area contributed by atoms with Gasteiger partial charge in [0.2, 0.25) is 0 Å². The van der Waals surface area contributed by atoms with Crippen molar-refractivity contribution >= 4 is 29.1 Å². The zero-order valence-electron chi connectivity index (χ0n) is 18.9. The summed E-state index contributed by atoms with van der Waals surface area (Å²) in [6, 6.07) is 8.91. The van der Waals surface area contributed by atoms with Crippen LogP contribution in [0.4, 0.5) is 0 Å². The van der Waals surface area contributed by atoms with E-state index in [4.69, 9.17) is 30.5 Å². The first-order chi connectivity index (χ1) is 15.9. The Morgan fingerprint density at radius 3 is 2.45 bits per heavy atom. The number of methoxy groups -OCH3 is 3. The second-order valence-corrected chi connectivity index (χ2v) is 7.58. The highest BCUT2D eigenvalue weighted by molar-refractivity contribution is 6.47. The zero-order valence-corrected chi connectivity index (χ0v) is 19.6. The van der Waals surface area contributed by atoms with Crippen LogP contribution in [0.1, 0.15) is 24.1 Å². The number of aliphatic hydroxyl groups excluding tert-OH is 1. The van der Waals surface area contributed by atoms with E-state index in [1.807, 2.05) is 6.92 Å². The van der Waals surface area contributed by atoms with Gasteiger partial charge < -0.3 is 29.0 Å². The number of Topliss-reactive ketones (excluding diaryl/α,β-unsaturated/α-hetero) is 1. The zero-order chi connectivity index (χ0) is 24.1. The largest absolute Gasteiger partial charge is 0.507 e. The molecule has 3 rings (SSSR count). The number of carbonyl (C=O) groups excluding carboxylic acids is 2. The Kier molecular flexibility index (Phi) is 7.84. The molecule has 2 aromatic carbocycles. The van der Waals surface area contributed by atoms with Gasteiger partial charge in [-0.15, -0.1) is 0 Å². The lowest BCUT2D eigenvalue weighted by Crippen LogP contribution is -2.32. The lowest BCUT2D eigenvalue weighted by molar-refractivity contribution is -0.140. The van der Waals surface area contributed by atoms with Crippen LogP contribution < -0.4 is 14.2 Å². The lowest BCUT2D eigenvalue weighted by atomic mass is 9.95. The van der Waals surface area contributed by atoms with E-state index < -0.39 is 23.5 Å². The van der Waals surface area contributed by atoms with Crippen molar-refractivity contribution < 1.29 is 33.6 Å². The van der Waals surface area contributed by atoms with Crippen molar-refractivity contribution in [1.29, 1.82) is 0 Å². The first kappa shape index (κ1) is 24.4. The van der Waals surface area contributed by atoms with Crippen LogP contribution in [0.15, 0.2) is 42.0 Å². The predicted octanol–water partition coefficient (Wildman–Crippen LogP) is 3.82. The first-order valence-corrected chi connectivity index (χ1v) is 10.7. The number of aliphatic hydroxyl groups is 1. The van der Waals surface area contributed by atoms with E-state index in [0.29, 0.717) is 29.4 Å². The smallest absolute Gasteiger partial charge is 0.295 e. The third-order valence-electron chi connectivity index (χ3n) is 5.31. The van der Waals surface area contributed by atoms with Crippen LogP contribution in [0.3, 0.4) is 0 Å². The summed E-state index contributed by atoms with van der Waals surface area (Å²) < 4.78 is 21.4. The van der Waals surface area contributed by atoms with E-state index in [1.165, 1.54) is 32.3 Å². The first-order valence-electron chi connectivity index (χ1n) is 10.3. The third kappa shape index (κ3) is 4.77. The van der Waals surface area contributed by atoms with E-state index in [1.54, 1.807) is 30.3 Å². The molecule has 0 radical (unpaired) electrons. The maximum atomic E-state index is 13.1. The Balaban J connectivity index is 2.22. The molecular formula is C24H26ClNO7. The molecule has 0 spiro atoms. The van der Waals surface area contributed by atoms with Gasteiger partial charge in [0.05, 0.1) is 44.1 Å². The number of hydrogen-bond donors (Lipinski definition) is 1. The third-order valence-corrected chi connectivity index (χ3v) is 5.64. The van der Waals surface area contributed by atoms with Crippen molar-refractivity contribution in [2.45, 2.75) is 13.0 Å². The number of carbonyl (C=O) groups is 2. The monoisotopic (exact) mass is 475 g/mol. The van der Waals surface area contributed by atoms with E-state index in [9.17, 15) is 14.7 Å². The summed E-state index contributed by atoms with van der Waals surface area (Å²) in [6.07, 6.45) is 0. The van der Waals surface area contributed by atoms with Crippen molar-refractivity contribution in [3.05, 3.63) is 58.1 Å². The summed E-state index contributed by atoms with van der Waals surface area (Å²) in [6.45, 7) is 2.64. The lowest BCUT2D eigenvalue weighted by Gasteiger charge is -2.25. The van der Waals surface area contributed by atoms with Crippen molar-refractivity contribution in [3.63, 3.8) is 0 Å². The molecule has 1 aliphatic heterocycles. The average Bonchev–Trinajstić information content (AvgIpc) is 3.07. The van der Waals surface area contributed by atoms with Crippen LogP contribution in [0.5, 0.6) is 17.2 Å². The van der Waals surface area contributed by atoms with Gasteiger partial charge in [-0.1, -0.05) is 17.7 Å². The Morgan fingerprint density at radius 1 is 1.06 bits per heavy atom. The normalized spacial score (nSPS) is 17.4. The molecule has 176 valence electrons. The van der Waals surface area contributed by atoms with Gasteiger partial charge in [-0.3, -0.25) is 9.59 Å². The standard InChI is InChI=1S/C24H26ClNO7/c1-5-33-18-9-6-14(12-19(18)32-4)21-20(23(28)24(29)26(21)10-11-30-2)22(27)16-13-15(31-3)7-8-17(16)25/h6-9,12-13,21,27H,5,10-11H2,1-4H3/b22-20+. The summed E-state index contributed by atoms with van der Waals surface area (Å²) in [5, 5.41) is 11.4. The highest BCUT2D eigenvalue weighted by Crippen LogP contribution is 2.43. The Morgan fingerprint density at radius 2 is 1.82 bits per heavy atom. The highest BCUT2D eigenvalue weighted by Gasteiger charge is 2.46. The highest BCUT2D eigenvalue weighted by atomic mass is 35.5. The van der Waals surface area contributed by atoms with Crippen LogP contribution >= 0.6 is 11.6 Å². The maximum Gasteiger partial charge on any atom is 0.295 e. The Labute approximate surface area is 197 Å². The van der Waals surface area contributed by atoms with Crippen LogP contribution in [0, 0.1) is 0 Å². The van der Waals surface area contributed by atoms with E-state index in [0.717, 1.165) is 0 Å². The fraction of sp³-hybridized carbons (Fsp3) is 0.333. The topological polar surface area (TPSA) is 94.5 Å². The minimum absolute atomic E-state index is 0.0857. The molecule has 1 aliphatic rings. The van der Waals surface area contributed by atoms with Gasteiger partial charge in [-0.05, 0) is 42.8 Å². The number of likely N-dealkylation sites (tertiary alicyclic amines) is 1.